The second kappa shape index (κ2) is 7.69. The smallest absolute Gasteiger partial charge is 0.137 e. The summed E-state index contributed by atoms with van der Waals surface area (Å²) in [6, 6.07) is 0. The van der Waals surface area contributed by atoms with Crippen molar-refractivity contribution in [1.29, 1.82) is 0 Å². The Morgan fingerprint density at radius 2 is 1.69 bits per heavy atom. The minimum absolute atomic E-state index is 0.229. The van der Waals surface area contributed by atoms with E-state index < -0.39 is 0 Å². The van der Waals surface area contributed by atoms with Gasteiger partial charge in [-0.2, -0.15) is 0 Å². The zero-order chi connectivity index (χ0) is 21.0. The number of ketones is 1. The van der Waals surface area contributed by atoms with Gasteiger partial charge in [0.05, 0.1) is 0 Å². The Bertz CT molecular complexity index is 686. The molecule has 0 bridgehead atoms. The lowest BCUT2D eigenvalue weighted by atomic mass is 9.45. The van der Waals surface area contributed by atoms with Gasteiger partial charge >= 0.3 is 0 Å². The molecular weight excluding hydrogens is 352 g/mol. The zero-order valence-electron chi connectivity index (χ0n) is 19.8. The Kier molecular flexibility index (Phi) is 5.67. The van der Waals surface area contributed by atoms with Gasteiger partial charge in [0.2, 0.25) is 0 Å². The Morgan fingerprint density at radius 1 is 0.966 bits per heavy atom. The van der Waals surface area contributed by atoms with Gasteiger partial charge in [-0.05, 0) is 90.8 Å². The largest absolute Gasteiger partial charge is 0.299 e. The Morgan fingerprint density at radius 3 is 2.41 bits per heavy atom. The van der Waals surface area contributed by atoms with Crippen molar-refractivity contribution in [1.82, 2.24) is 0 Å². The van der Waals surface area contributed by atoms with E-state index in [1.807, 2.05) is 0 Å². The minimum Gasteiger partial charge on any atom is -0.299 e. The van der Waals surface area contributed by atoms with E-state index >= 15 is 0 Å². The summed E-state index contributed by atoms with van der Waals surface area (Å²) in [6.45, 7) is 14.5. The number of allylic oxidation sites excluding steroid dienone is 4. The molecule has 0 N–H and O–H groups in total. The molecule has 0 radical (unpaired) electrons. The van der Waals surface area contributed by atoms with Crippen LogP contribution in [0.5, 0.6) is 0 Å². The molecule has 4 aliphatic rings. The van der Waals surface area contributed by atoms with E-state index in [9.17, 15) is 4.79 Å². The van der Waals surface area contributed by atoms with Crippen LogP contribution in [0.2, 0.25) is 0 Å². The molecule has 29 heavy (non-hydrogen) atoms. The molecule has 0 aromatic rings. The number of hydrogen-bond donors (Lipinski definition) is 0. The highest BCUT2D eigenvalue weighted by Gasteiger charge is 2.61. The fourth-order valence-corrected chi connectivity index (χ4v) is 8.27. The molecule has 3 saturated carbocycles. The molecule has 4 rings (SSSR count). The SMILES string of the molecule is CC(C)[C@@H](C)C=C[C@@H](C)[C@H]1CC[C@H]2[C@@H]3CC(=O)C4CC=CC[C@]4(C)[C@H]3CC[C@]12C. The van der Waals surface area contributed by atoms with Crippen LogP contribution in [-0.4, -0.2) is 5.78 Å². The summed E-state index contributed by atoms with van der Waals surface area (Å²) in [4.78, 5) is 13.2. The van der Waals surface area contributed by atoms with Crippen LogP contribution in [0.1, 0.15) is 86.5 Å². The van der Waals surface area contributed by atoms with Gasteiger partial charge in [0.1, 0.15) is 5.78 Å². The summed E-state index contributed by atoms with van der Waals surface area (Å²) in [7, 11) is 0. The molecule has 9 atom stereocenters. The van der Waals surface area contributed by atoms with Gasteiger partial charge in [0.25, 0.3) is 0 Å². The predicted molar refractivity (Wildman–Crippen MR) is 122 cm³/mol. The molecule has 3 fully saturated rings. The fraction of sp³-hybridized carbons (Fsp3) is 0.821. The number of carbonyl (C=O) groups is 1. The van der Waals surface area contributed by atoms with Gasteiger partial charge in [0, 0.05) is 12.3 Å². The fourth-order valence-electron chi connectivity index (χ4n) is 8.27. The van der Waals surface area contributed by atoms with E-state index in [1.54, 1.807) is 0 Å². The highest BCUT2D eigenvalue weighted by molar-refractivity contribution is 5.83. The lowest BCUT2D eigenvalue weighted by Gasteiger charge is -2.59. The molecule has 162 valence electrons. The van der Waals surface area contributed by atoms with Gasteiger partial charge in [-0.3, -0.25) is 4.79 Å². The van der Waals surface area contributed by atoms with Crippen LogP contribution in [-0.2, 0) is 4.79 Å². The average Bonchev–Trinajstić information content (AvgIpc) is 3.03. The molecule has 0 heterocycles. The highest BCUT2D eigenvalue weighted by atomic mass is 16.1. The minimum atomic E-state index is 0.229. The number of hydrogen-bond acceptors (Lipinski definition) is 1. The van der Waals surface area contributed by atoms with Crippen LogP contribution >= 0.6 is 0 Å². The maximum atomic E-state index is 13.2. The van der Waals surface area contributed by atoms with Crippen molar-refractivity contribution >= 4 is 5.78 Å². The molecular formula is C28H44O. The standard InChI is InChI=1S/C28H44O/c1-18(2)19(3)10-11-20(4)22-12-13-23-21-17-26(29)25-9-7-8-15-27(25,5)24(21)14-16-28(22,23)6/h7-8,10-11,18-25H,9,12-17H2,1-6H3/t19-,20+,21-,22+,23-,24-,25?,27+,28+/m0/s1. The van der Waals surface area contributed by atoms with Crippen LogP contribution < -0.4 is 0 Å². The summed E-state index contributed by atoms with van der Waals surface area (Å²) in [5.74, 6) is 5.87. The van der Waals surface area contributed by atoms with Crippen LogP contribution in [0, 0.1) is 58.2 Å². The molecule has 1 unspecified atom stereocenters. The Labute approximate surface area is 179 Å². The van der Waals surface area contributed by atoms with E-state index in [0.29, 0.717) is 40.8 Å². The highest BCUT2D eigenvalue weighted by Crippen LogP contribution is 2.67. The second-order valence-corrected chi connectivity index (χ2v) is 12.1. The topological polar surface area (TPSA) is 17.1 Å². The Balaban J connectivity index is 1.55. The molecule has 0 saturated heterocycles. The molecule has 4 aliphatic carbocycles. The van der Waals surface area contributed by atoms with Crippen molar-refractivity contribution < 1.29 is 4.79 Å². The first-order valence-corrected chi connectivity index (χ1v) is 12.5. The first-order chi connectivity index (χ1) is 13.7. The first kappa shape index (κ1) is 21.4. The number of rotatable bonds is 4. The molecule has 1 heteroatoms. The molecule has 0 aliphatic heterocycles. The average molecular weight is 397 g/mol. The van der Waals surface area contributed by atoms with Crippen molar-refractivity contribution in [2.24, 2.45) is 58.2 Å². The van der Waals surface area contributed by atoms with E-state index in [2.05, 4.69) is 65.8 Å². The molecule has 1 nitrogen and oxygen atoms in total. The lowest BCUT2D eigenvalue weighted by molar-refractivity contribution is -0.149. The van der Waals surface area contributed by atoms with Gasteiger partial charge in [-0.1, -0.05) is 65.8 Å². The van der Waals surface area contributed by atoms with Gasteiger partial charge < -0.3 is 0 Å². The summed E-state index contributed by atoms with van der Waals surface area (Å²) >= 11 is 0. The zero-order valence-corrected chi connectivity index (χ0v) is 19.8. The monoisotopic (exact) mass is 396 g/mol. The third-order valence-electron chi connectivity index (χ3n) is 10.5. The summed E-state index contributed by atoms with van der Waals surface area (Å²) in [5.41, 5.74) is 0.659. The molecule has 0 spiro atoms. The number of fused-ring (bicyclic) bond motifs is 5. The summed E-state index contributed by atoms with van der Waals surface area (Å²) in [6.07, 6.45) is 18.1. The normalized spacial score (nSPS) is 46.4. The van der Waals surface area contributed by atoms with E-state index in [1.165, 1.54) is 25.7 Å². The van der Waals surface area contributed by atoms with Crippen LogP contribution in [0.3, 0.4) is 0 Å². The predicted octanol–water partition coefficient (Wildman–Crippen LogP) is 7.47. The third-order valence-corrected chi connectivity index (χ3v) is 10.5. The van der Waals surface area contributed by atoms with Crippen molar-refractivity contribution in [3.8, 4) is 0 Å². The summed E-state index contributed by atoms with van der Waals surface area (Å²) in [5, 5.41) is 0. The number of carbonyl (C=O) groups excluding carboxylic acids is 1. The van der Waals surface area contributed by atoms with Gasteiger partial charge in [-0.15, -0.1) is 0 Å². The van der Waals surface area contributed by atoms with Crippen molar-refractivity contribution in [2.45, 2.75) is 86.5 Å². The van der Waals surface area contributed by atoms with Crippen LogP contribution in [0.4, 0.5) is 0 Å². The van der Waals surface area contributed by atoms with Gasteiger partial charge in [-0.25, -0.2) is 0 Å². The van der Waals surface area contributed by atoms with Crippen LogP contribution in [0.25, 0.3) is 0 Å². The van der Waals surface area contributed by atoms with E-state index in [-0.39, 0.29) is 5.41 Å². The maximum Gasteiger partial charge on any atom is 0.137 e. The second-order valence-electron chi connectivity index (χ2n) is 12.1. The third kappa shape index (κ3) is 3.39. The molecule has 0 amide bonds. The first-order valence-electron chi connectivity index (χ1n) is 12.5. The Hall–Kier alpha value is -0.850. The van der Waals surface area contributed by atoms with E-state index in [0.717, 1.165) is 37.0 Å². The molecule has 0 aromatic carbocycles. The van der Waals surface area contributed by atoms with Crippen molar-refractivity contribution in [3.05, 3.63) is 24.3 Å². The quantitative estimate of drug-likeness (QED) is 0.450. The van der Waals surface area contributed by atoms with Crippen molar-refractivity contribution in [3.63, 3.8) is 0 Å². The van der Waals surface area contributed by atoms with Crippen LogP contribution in [0.15, 0.2) is 24.3 Å². The lowest BCUT2D eigenvalue weighted by Crippen LogP contribution is -2.55. The number of Topliss-reactive ketones (excluding diaryl/α,β-unsaturated/α-hetero) is 1. The van der Waals surface area contributed by atoms with E-state index in [4.69, 9.17) is 0 Å². The van der Waals surface area contributed by atoms with Crippen molar-refractivity contribution in [2.75, 3.05) is 0 Å². The maximum absolute atomic E-state index is 13.2. The van der Waals surface area contributed by atoms with Gasteiger partial charge in [0.15, 0.2) is 0 Å². The summed E-state index contributed by atoms with van der Waals surface area (Å²) < 4.78 is 0. The molecule has 0 aromatic heterocycles.